The van der Waals surface area contributed by atoms with Gasteiger partial charge in [0.25, 0.3) is 0 Å². The Morgan fingerprint density at radius 2 is 1.45 bits per heavy atom. The van der Waals surface area contributed by atoms with Crippen molar-refractivity contribution in [3.8, 4) is 0 Å². The zero-order valence-corrected chi connectivity index (χ0v) is 25.6. The van der Waals surface area contributed by atoms with Crippen LogP contribution in [0.2, 0.25) is 0 Å². The Balaban J connectivity index is 3.77. The third-order valence-corrected chi connectivity index (χ3v) is 6.59. The van der Waals surface area contributed by atoms with Gasteiger partial charge in [-0.1, -0.05) is 76.3 Å². The van der Waals surface area contributed by atoms with Crippen LogP contribution in [0.25, 0.3) is 0 Å². The van der Waals surface area contributed by atoms with Crippen LogP contribution in [0, 0.1) is 5.41 Å². The van der Waals surface area contributed by atoms with Crippen LogP contribution < -0.4 is 10.6 Å². The summed E-state index contributed by atoms with van der Waals surface area (Å²) in [5, 5.41) is 15.3. The maximum absolute atomic E-state index is 12.0. The Morgan fingerprint density at radius 3 is 2.05 bits per heavy atom. The Kier molecular flexibility index (Phi) is 23.4. The monoisotopic (exact) mass is 574 g/mol. The minimum Gasteiger partial charge on any atom is -0.391 e. The fourth-order valence-corrected chi connectivity index (χ4v) is 3.47. The summed E-state index contributed by atoms with van der Waals surface area (Å²) >= 11 is 1.00. The molecule has 0 aliphatic rings. The van der Waals surface area contributed by atoms with Crippen molar-refractivity contribution in [2.24, 2.45) is 5.41 Å². The number of carbonyl (C=O) groups is 3. The lowest BCUT2D eigenvalue weighted by Crippen LogP contribution is -2.44. The molecule has 0 aromatic heterocycles. The molecule has 0 spiro atoms. The van der Waals surface area contributed by atoms with Gasteiger partial charge in [0.2, 0.25) is 11.8 Å². The van der Waals surface area contributed by atoms with E-state index in [1.54, 1.807) is 0 Å². The molecule has 0 saturated carbocycles. The largest absolute Gasteiger partial charge is 0.391 e. The van der Waals surface area contributed by atoms with Gasteiger partial charge in [-0.25, -0.2) is 0 Å². The second-order valence-electron chi connectivity index (χ2n) is 9.76. The number of aliphatic hydroxyl groups excluding tert-OH is 1. The number of aliphatic hydroxyl groups is 1. The number of rotatable bonds is 22. The topological polar surface area (TPSA) is 105 Å². The van der Waals surface area contributed by atoms with Crippen molar-refractivity contribution in [3.63, 3.8) is 0 Å². The molecule has 0 aliphatic heterocycles. The maximum atomic E-state index is 12.0. The lowest BCUT2D eigenvalue weighted by Gasteiger charge is -2.28. The van der Waals surface area contributed by atoms with Crippen LogP contribution in [0.1, 0.15) is 85.5 Å². The molecule has 7 nitrogen and oxygen atoms in total. The van der Waals surface area contributed by atoms with Crippen molar-refractivity contribution in [1.82, 2.24) is 10.6 Å². The molecular formula is C32H50N2O5S. The Labute approximate surface area is 246 Å². The third-order valence-electron chi connectivity index (χ3n) is 5.91. The van der Waals surface area contributed by atoms with Gasteiger partial charge in [0.05, 0.1) is 18.5 Å². The lowest BCUT2D eigenvalue weighted by molar-refractivity contribution is -0.135. The number of hydrogen-bond donors (Lipinski definition) is 3. The summed E-state index contributed by atoms with van der Waals surface area (Å²) in [7, 11) is 0. The van der Waals surface area contributed by atoms with E-state index in [0.717, 1.165) is 44.1 Å². The van der Waals surface area contributed by atoms with Gasteiger partial charge in [-0.2, -0.15) is 0 Å². The molecule has 0 unspecified atom stereocenters. The number of amides is 2. The van der Waals surface area contributed by atoms with Crippen LogP contribution in [-0.4, -0.2) is 47.8 Å². The minimum absolute atomic E-state index is 0.109. The molecule has 0 aliphatic carbocycles. The van der Waals surface area contributed by atoms with Gasteiger partial charge in [0.15, 0.2) is 0 Å². The molecule has 40 heavy (non-hydrogen) atoms. The summed E-state index contributed by atoms with van der Waals surface area (Å²) in [6.45, 7) is 8.17. The highest BCUT2D eigenvalue weighted by atomic mass is 32.2. The van der Waals surface area contributed by atoms with Crippen LogP contribution in [0.4, 0.5) is 0 Å². The van der Waals surface area contributed by atoms with E-state index in [1.807, 2.05) is 32.9 Å². The number of hydrogen-bond acceptors (Lipinski definition) is 6. The zero-order valence-electron chi connectivity index (χ0n) is 24.8. The first-order valence-corrected chi connectivity index (χ1v) is 15.2. The van der Waals surface area contributed by atoms with E-state index >= 15 is 0 Å². The summed E-state index contributed by atoms with van der Waals surface area (Å²) < 4.78 is 5.09. The van der Waals surface area contributed by atoms with E-state index in [4.69, 9.17) is 4.18 Å². The predicted octanol–water partition coefficient (Wildman–Crippen LogP) is 6.28. The first-order valence-electron chi connectivity index (χ1n) is 14.3. The molecule has 8 heteroatoms. The van der Waals surface area contributed by atoms with Gasteiger partial charge in [-0.05, 0) is 62.5 Å². The van der Waals surface area contributed by atoms with Crippen LogP contribution >= 0.6 is 12.0 Å². The Hall–Kier alpha value is -2.80. The maximum Gasteiger partial charge on any atom is 0.318 e. The smallest absolute Gasteiger partial charge is 0.318 e. The first kappa shape index (κ1) is 37.2. The normalized spacial score (nSPS) is 12.6. The molecule has 0 aromatic rings. The second kappa shape index (κ2) is 25.2. The molecule has 0 fully saturated rings. The number of nitrogens with one attached hydrogen (secondary N) is 2. The molecule has 1 atom stereocenters. The lowest BCUT2D eigenvalue weighted by atomic mass is 9.83. The Bertz CT molecular complexity index is 899. The highest BCUT2D eigenvalue weighted by Crippen LogP contribution is 2.24. The van der Waals surface area contributed by atoms with Crippen molar-refractivity contribution in [1.29, 1.82) is 0 Å². The molecule has 3 N–H and O–H groups in total. The van der Waals surface area contributed by atoms with Gasteiger partial charge in [0, 0.05) is 25.3 Å². The fourth-order valence-electron chi connectivity index (χ4n) is 2.98. The molecule has 0 aromatic carbocycles. The summed E-state index contributed by atoms with van der Waals surface area (Å²) in [6, 6.07) is 0. The van der Waals surface area contributed by atoms with Crippen molar-refractivity contribution in [3.05, 3.63) is 66.5 Å². The zero-order chi connectivity index (χ0) is 29.9. The van der Waals surface area contributed by atoms with Gasteiger partial charge >= 0.3 is 5.97 Å². The third kappa shape index (κ3) is 22.1. The number of allylic oxidation sites excluding steroid dienone is 9. The average molecular weight is 575 g/mol. The van der Waals surface area contributed by atoms with Crippen LogP contribution in [0.15, 0.2) is 66.5 Å². The van der Waals surface area contributed by atoms with E-state index in [-0.39, 0.29) is 31.3 Å². The molecule has 0 rings (SSSR count). The highest BCUT2D eigenvalue weighted by molar-refractivity contribution is 7.95. The summed E-state index contributed by atoms with van der Waals surface area (Å²) in [5.41, 5.74) is 2.55. The summed E-state index contributed by atoms with van der Waals surface area (Å²) in [4.78, 5) is 35.6. The van der Waals surface area contributed by atoms with Crippen molar-refractivity contribution < 1.29 is 23.7 Å². The first-order chi connectivity index (χ1) is 19.2. The standard InChI is InChI=1S/C32H50N2O5S/c1-5-7-8-9-10-11-12-13-14-15-16-17-18-19-20-21-22-23-29(36)39-40-27-26-33-28(35)24-25-34-31(38)30(37)32(3,4)6-2/h7-8,10-11,13-14,16-17,19,21,30,37H,5-6,9,12,15,18,22-27H2,1-4H3,(H,33,35)(H,34,38)/b8-7-,11-10-,14-13-,17-16-/t20?,30-/m0/s1. The minimum atomic E-state index is -1.12. The fraction of sp³-hybridized carbons (Fsp3) is 0.562. The van der Waals surface area contributed by atoms with Crippen LogP contribution in [-0.2, 0) is 18.6 Å². The predicted molar refractivity (Wildman–Crippen MR) is 166 cm³/mol. The molecular weight excluding hydrogens is 524 g/mol. The SMILES string of the molecule is CC/C=C\C/C=C\C/C=C\C/C=C\CC=C=CCCC(=O)OSCCNC(=O)CCNC(=O)[C@H](O)C(C)(C)CC. The molecule has 0 saturated heterocycles. The molecule has 0 heterocycles. The molecule has 224 valence electrons. The van der Waals surface area contributed by atoms with Crippen molar-refractivity contribution in [2.45, 2.75) is 91.6 Å². The van der Waals surface area contributed by atoms with Crippen molar-refractivity contribution in [2.75, 3.05) is 18.8 Å². The van der Waals surface area contributed by atoms with Crippen LogP contribution in [0.3, 0.4) is 0 Å². The summed E-state index contributed by atoms with van der Waals surface area (Å²) in [6.07, 6.45) is 26.2. The summed E-state index contributed by atoms with van der Waals surface area (Å²) in [5.74, 6) is -0.584. The average Bonchev–Trinajstić information content (AvgIpc) is 2.93. The van der Waals surface area contributed by atoms with Gasteiger partial charge < -0.3 is 19.9 Å². The van der Waals surface area contributed by atoms with Gasteiger partial charge in [-0.3, -0.25) is 14.4 Å². The second-order valence-corrected chi connectivity index (χ2v) is 10.6. The van der Waals surface area contributed by atoms with Crippen molar-refractivity contribution >= 4 is 29.8 Å². The van der Waals surface area contributed by atoms with Crippen LogP contribution in [0.5, 0.6) is 0 Å². The van der Waals surface area contributed by atoms with E-state index in [9.17, 15) is 19.5 Å². The molecule has 2 amide bonds. The van der Waals surface area contributed by atoms with E-state index < -0.39 is 17.4 Å². The molecule has 0 radical (unpaired) electrons. The van der Waals surface area contributed by atoms with E-state index in [2.05, 4.69) is 71.9 Å². The van der Waals surface area contributed by atoms with Gasteiger partial charge in [0.1, 0.15) is 6.10 Å². The van der Waals surface area contributed by atoms with E-state index in [0.29, 0.717) is 25.1 Å². The highest BCUT2D eigenvalue weighted by Gasteiger charge is 2.31. The number of carbonyl (C=O) groups excluding carboxylic acids is 3. The quantitative estimate of drug-likeness (QED) is 0.0608. The Morgan fingerprint density at radius 1 is 0.850 bits per heavy atom. The molecule has 0 bridgehead atoms. The van der Waals surface area contributed by atoms with E-state index in [1.165, 1.54) is 0 Å². The van der Waals surface area contributed by atoms with Gasteiger partial charge in [-0.15, -0.1) is 5.73 Å².